The summed E-state index contributed by atoms with van der Waals surface area (Å²) in [5.74, 6) is 0.613. The van der Waals surface area contributed by atoms with Gasteiger partial charge in [-0.1, -0.05) is 12.8 Å². The van der Waals surface area contributed by atoms with Crippen molar-refractivity contribution in [1.82, 2.24) is 15.1 Å². The summed E-state index contributed by atoms with van der Waals surface area (Å²) in [6, 6.07) is 0.639. The molecule has 0 atom stereocenters. The van der Waals surface area contributed by atoms with Gasteiger partial charge in [0.1, 0.15) is 5.69 Å². The van der Waals surface area contributed by atoms with Crippen LogP contribution in [0, 0.1) is 0 Å². The lowest BCUT2D eigenvalue weighted by molar-refractivity contribution is 0.0972. The van der Waals surface area contributed by atoms with Gasteiger partial charge in [0.2, 0.25) is 0 Å². The van der Waals surface area contributed by atoms with E-state index in [4.69, 9.17) is 4.74 Å². The van der Waals surface area contributed by atoms with Crippen molar-refractivity contribution in [3.05, 3.63) is 11.9 Å². The van der Waals surface area contributed by atoms with Gasteiger partial charge in [-0.25, -0.2) is 0 Å². The molecular formula is C14H23N3O2. The Hall–Kier alpha value is -1.36. The molecule has 0 saturated heterocycles. The molecule has 0 bridgehead atoms. The van der Waals surface area contributed by atoms with E-state index in [2.05, 4.69) is 10.4 Å². The van der Waals surface area contributed by atoms with Crippen LogP contribution in [0.4, 0.5) is 0 Å². The van der Waals surface area contributed by atoms with Gasteiger partial charge in [0, 0.05) is 12.1 Å². The lowest BCUT2D eigenvalue weighted by Gasteiger charge is -2.14. The van der Waals surface area contributed by atoms with Gasteiger partial charge < -0.3 is 10.1 Å². The molecule has 1 aromatic heterocycles. The predicted molar refractivity (Wildman–Crippen MR) is 73.8 cm³/mol. The quantitative estimate of drug-likeness (QED) is 0.801. The van der Waals surface area contributed by atoms with Gasteiger partial charge in [0.15, 0.2) is 11.5 Å². The van der Waals surface area contributed by atoms with E-state index in [1.54, 1.807) is 18.0 Å². The zero-order valence-electron chi connectivity index (χ0n) is 12.0. The largest absolute Gasteiger partial charge is 0.493 e. The first-order chi connectivity index (χ1) is 9.13. The van der Waals surface area contributed by atoms with E-state index in [0.29, 0.717) is 24.0 Å². The number of hydrogen-bond acceptors (Lipinski definition) is 4. The number of rotatable bonds is 6. The van der Waals surface area contributed by atoms with Crippen LogP contribution in [-0.2, 0) is 0 Å². The summed E-state index contributed by atoms with van der Waals surface area (Å²) in [5, 5.41) is 7.57. The van der Waals surface area contributed by atoms with E-state index in [1.165, 1.54) is 25.7 Å². The van der Waals surface area contributed by atoms with E-state index < -0.39 is 0 Å². The van der Waals surface area contributed by atoms with Crippen LogP contribution >= 0.6 is 0 Å². The zero-order valence-corrected chi connectivity index (χ0v) is 12.0. The van der Waals surface area contributed by atoms with Crippen molar-refractivity contribution in [1.29, 1.82) is 0 Å². The molecular weight excluding hydrogens is 242 g/mol. The molecule has 1 aliphatic rings. The molecule has 106 valence electrons. The minimum Gasteiger partial charge on any atom is -0.493 e. The Balaban J connectivity index is 2.06. The van der Waals surface area contributed by atoms with Crippen molar-refractivity contribution < 1.29 is 9.53 Å². The first-order valence-electron chi connectivity index (χ1n) is 7.01. The van der Waals surface area contributed by atoms with Gasteiger partial charge in [0.05, 0.1) is 19.9 Å². The number of ether oxygens (including phenoxy) is 1. The van der Waals surface area contributed by atoms with Crippen LogP contribution < -0.4 is 10.1 Å². The Morgan fingerprint density at radius 3 is 2.79 bits per heavy atom. The van der Waals surface area contributed by atoms with Crippen molar-refractivity contribution in [3.8, 4) is 5.75 Å². The zero-order chi connectivity index (χ0) is 13.8. The molecule has 1 N–H and O–H groups in total. The van der Waals surface area contributed by atoms with Gasteiger partial charge in [-0.15, -0.1) is 0 Å². The van der Waals surface area contributed by atoms with E-state index in [-0.39, 0.29) is 11.8 Å². The maximum absolute atomic E-state index is 12.4. The minimum atomic E-state index is 0.0509. The second kappa shape index (κ2) is 6.19. The third-order valence-corrected chi connectivity index (χ3v) is 3.64. The number of Topliss-reactive ketones (excluding diaryl/α,β-unsaturated/α-hetero) is 1. The monoisotopic (exact) mass is 265 g/mol. The summed E-state index contributed by atoms with van der Waals surface area (Å²) in [6.07, 6.45) is 6.49. The molecule has 0 aliphatic heterocycles. The molecule has 1 heterocycles. The third-order valence-electron chi connectivity index (χ3n) is 3.64. The lowest BCUT2D eigenvalue weighted by Crippen LogP contribution is -2.32. The van der Waals surface area contributed by atoms with Gasteiger partial charge in [-0.3, -0.25) is 9.48 Å². The Morgan fingerprint density at radius 1 is 1.53 bits per heavy atom. The summed E-state index contributed by atoms with van der Waals surface area (Å²) in [7, 11) is 1.57. The highest BCUT2D eigenvalue weighted by Gasteiger charge is 2.22. The number of ketones is 1. The number of carbonyl (C=O) groups is 1. The summed E-state index contributed by atoms with van der Waals surface area (Å²) in [5.41, 5.74) is 0.572. The van der Waals surface area contributed by atoms with Crippen LogP contribution in [0.25, 0.3) is 0 Å². The van der Waals surface area contributed by atoms with Crippen molar-refractivity contribution in [2.75, 3.05) is 13.7 Å². The van der Waals surface area contributed by atoms with Gasteiger partial charge >= 0.3 is 0 Å². The van der Waals surface area contributed by atoms with Gasteiger partial charge in [0.25, 0.3) is 0 Å². The van der Waals surface area contributed by atoms with Crippen molar-refractivity contribution in [3.63, 3.8) is 0 Å². The summed E-state index contributed by atoms with van der Waals surface area (Å²) in [4.78, 5) is 12.4. The number of carbonyl (C=O) groups excluding carboxylic acids is 1. The summed E-state index contributed by atoms with van der Waals surface area (Å²) < 4.78 is 6.97. The topological polar surface area (TPSA) is 56.2 Å². The average Bonchev–Trinajstić information content (AvgIpc) is 3.04. The Morgan fingerprint density at radius 2 is 2.21 bits per heavy atom. The van der Waals surface area contributed by atoms with Gasteiger partial charge in [-0.05, 0) is 26.7 Å². The number of methoxy groups -OCH3 is 1. The number of hydrogen-bond donors (Lipinski definition) is 1. The van der Waals surface area contributed by atoms with Crippen LogP contribution in [0.2, 0.25) is 0 Å². The lowest BCUT2D eigenvalue weighted by atomic mass is 10.2. The van der Waals surface area contributed by atoms with Crippen LogP contribution in [-0.4, -0.2) is 35.3 Å². The molecule has 5 heteroatoms. The molecule has 0 spiro atoms. The van der Waals surface area contributed by atoms with Crippen molar-refractivity contribution in [2.24, 2.45) is 0 Å². The fourth-order valence-corrected chi connectivity index (χ4v) is 2.60. The van der Waals surface area contributed by atoms with E-state index in [0.717, 1.165) is 0 Å². The first-order valence-corrected chi connectivity index (χ1v) is 7.01. The number of aromatic nitrogens is 2. The number of nitrogens with zero attached hydrogens (tertiary/aromatic N) is 2. The highest BCUT2D eigenvalue weighted by molar-refractivity contribution is 5.98. The molecule has 1 saturated carbocycles. The second-order valence-corrected chi connectivity index (χ2v) is 5.39. The Bertz CT molecular complexity index is 434. The van der Waals surface area contributed by atoms with E-state index >= 15 is 0 Å². The third kappa shape index (κ3) is 3.15. The number of nitrogens with one attached hydrogen (secondary N) is 1. The minimum absolute atomic E-state index is 0.0509. The van der Waals surface area contributed by atoms with Crippen LogP contribution in [0.1, 0.15) is 56.1 Å². The Kier molecular flexibility index (Phi) is 4.58. The average molecular weight is 265 g/mol. The smallest absolute Gasteiger partial charge is 0.198 e. The molecule has 0 unspecified atom stereocenters. The molecule has 0 aromatic carbocycles. The highest BCUT2D eigenvalue weighted by atomic mass is 16.5. The summed E-state index contributed by atoms with van der Waals surface area (Å²) >= 11 is 0. The van der Waals surface area contributed by atoms with Crippen LogP contribution in [0.3, 0.4) is 0 Å². The maximum Gasteiger partial charge on any atom is 0.198 e. The normalized spacial score (nSPS) is 16.2. The maximum atomic E-state index is 12.4. The highest BCUT2D eigenvalue weighted by Crippen LogP contribution is 2.22. The molecule has 2 rings (SSSR count). The van der Waals surface area contributed by atoms with Gasteiger partial charge in [-0.2, -0.15) is 5.10 Å². The van der Waals surface area contributed by atoms with E-state index in [9.17, 15) is 4.79 Å². The molecule has 1 aromatic rings. The Labute approximate surface area is 114 Å². The summed E-state index contributed by atoms with van der Waals surface area (Å²) in [6.45, 7) is 4.38. The van der Waals surface area contributed by atoms with Crippen LogP contribution in [0.15, 0.2) is 6.20 Å². The molecule has 1 aliphatic carbocycles. The molecule has 1 fully saturated rings. The molecule has 5 nitrogen and oxygen atoms in total. The van der Waals surface area contributed by atoms with E-state index in [1.807, 2.05) is 13.8 Å². The fraction of sp³-hybridized carbons (Fsp3) is 0.714. The molecule has 19 heavy (non-hydrogen) atoms. The first kappa shape index (κ1) is 14.1. The van der Waals surface area contributed by atoms with Crippen LogP contribution in [0.5, 0.6) is 5.75 Å². The van der Waals surface area contributed by atoms with Crippen molar-refractivity contribution in [2.45, 2.75) is 51.6 Å². The molecule has 0 amide bonds. The molecule has 0 radical (unpaired) electrons. The SMILES string of the molecule is COc1cnn(C(C)C)c1C(=O)CNC1CCCC1. The standard InChI is InChI=1S/C14H23N3O2/c1-10(2)17-14(13(19-3)9-16-17)12(18)8-15-11-6-4-5-7-11/h9-11,15H,4-8H2,1-3H3. The van der Waals surface area contributed by atoms with Crippen molar-refractivity contribution >= 4 is 5.78 Å². The predicted octanol–water partition coefficient (Wildman–Crippen LogP) is 2.19. The second-order valence-electron chi connectivity index (χ2n) is 5.39. The fourth-order valence-electron chi connectivity index (χ4n) is 2.60.